The molecule has 2 atom stereocenters. The minimum absolute atomic E-state index is 0.111. The quantitative estimate of drug-likeness (QED) is 0.120. The van der Waals surface area contributed by atoms with Gasteiger partial charge in [0.15, 0.2) is 5.82 Å². The van der Waals surface area contributed by atoms with Crippen molar-refractivity contribution in [3.63, 3.8) is 0 Å². The lowest BCUT2D eigenvalue weighted by atomic mass is 9.69. The molecule has 2 unspecified atom stereocenters. The second kappa shape index (κ2) is 13.4. The van der Waals surface area contributed by atoms with Crippen LogP contribution in [-0.4, -0.2) is 26.0 Å². The van der Waals surface area contributed by atoms with Gasteiger partial charge < -0.3 is 26.2 Å². The average Bonchev–Trinajstić information content (AvgIpc) is 3.35. The standard InChI is InChI=1S/C57H36N6O2/c64-53-51(39-22-25-45-48-36(39)12-5-15-42(48)58-55(60-45)34-20-18-30-8-1-3-10-32(30)28-34)54(65)52(53)40-23-26-47-49-37(40)13-6-17-44(49)62-57(63-47)41-24-27-46-50-38(41)14-7-16-43(50)59-56(61-46)35-21-19-31-9-2-4-11-33(31)29-35/h1-29,37,40,62-65H,(H,58,60). The van der Waals surface area contributed by atoms with Gasteiger partial charge in [-0.25, -0.2) is 15.0 Å². The largest absolute Gasteiger partial charge is 0.507 e. The Morgan fingerprint density at radius 3 is 2.08 bits per heavy atom. The fraction of sp³-hybridized carbons (Fsp3) is 0.0351. The van der Waals surface area contributed by atoms with E-state index in [1.807, 2.05) is 36.4 Å². The van der Waals surface area contributed by atoms with E-state index in [4.69, 9.17) is 15.0 Å². The Morgan fingerprint density at radius 1 is 0.538 bits per heavy atom. The van der Waals surface area contributed by atoms with Crippen molar-refractivity contribution in [2.45, 2.75) is 0 Å². The molecule has 9 aromatic rings. The Hall–Kier alpha value is -8.75. The van der Waals surface area contributed by atoms with Gasteiger partial charge in [-0.3, -0.25) is 0 Å². The molecule has 0 fully saturated rings. The number of anilines is 1. The fourth-order valence-electron chi connectivity index (χ4n) is 10.6. The van der Waals surface area contributed by atoms with E-state index in [0.717, 1.165) is 105 Å². The summed E-state index contributed by atoms with van der Waals surface area (Å²) in [6.45, 7) is 0. The molecule has 1 aromatic heterocycles. The van der Waals surface area contributed by atoms with Gasteiger partial charge in [0.25, 0.3) is 0 Å². The number of allylic oxidation sites excluding steroid dienone is 8. The number of aliphatic hydroxyl groups excluding tert-OH is 2. The van der Waals surface area contributed by atoms with Gasteiger partial charge in [-0.1, -0.05) is 121 Å². The van der Waals surface area contributed by atoms with Crippen molar-refractivity contribution in [2.24, 2.45) is 16.8 Å². The lowest BCUT2D eigenvalue weighted by Crippen LogP contribution is -2.41. The van der Waals surface area contributed by atoms with Crippen molar-refractivity contribution in [3.05, 3.63) is 226 Å². The minimum Gasteiger partial charge on any atom is -0.507 e. The first-order valence-corrected chi connectivity index (χ1v) is 21.9. The molecular weight excluding hydrogens is 801 g/mol. The molecular formula is C57H36N6O2. The first-order valence-electron chi connectivity index (χ1n) is 21.9. The zero-order valence-corrected chi connectivity index (χ0v) is 34.6. The maximum atomic E-state index is 11.9. The van der Waals surface area contributed by atoms with Crippen LogP contribution in [0.3, 0.4) is 0 Å². The number of aromatic nitrogens is 2. The Bertz CT molecular complexity index is 3940. The topological polar surface area (TPSA) is 115 Å². The summed E-state index contributed by atoms with van der Waals surface area (Å²) in [7, 11) is 0. The molecule has 5 aliphatic rings. The maximum absolute atomic E-state index is 11.9. The predicted octanol–water partition coefficient (Wildman–Crippen LogP) is 11.7. The van der Waals surface area contributed by atoms with E-state index in [1.54, 1.807) is 0 Å². The van der Waals surface area contributed by atoms with E-state index in [1.165, 1.54) is 10.8 Å². The molecule has 14 rings (SSSR count). The summed E-state index contributed by atoms with van der Waals surface area (Å²) in [4.78, 5) is 15.2. The number of aliphatic hydroxyl groups is 2. The Kier molecular flexibility index (Phi) is 7.37. The molecule has 3 aliphatic carbocycles. The van der Waals surface area contributed by atoms with Gasteiger partial charge in [0.1, 0.15) is 23.2 Å². The molecule has 306 valence electrons. The van der Waals surface area contributed by atoms with Crippen LogP contribution in [0.15, 0.2) is 215 Å². The molecule has 0 amide bonds. The first kappa shape index (κ1) is 35.8. The van der Waals surface area contributed by atoms with Crippen LogP contribution in [0.4, 0.5) is 11.4 Å². The van der Waals surface area contributed by atoms with Crippen molar-refractivity contribution in [3.8, 4) is 11.4 Å². The van der Waals surface area contributed by atoms with E-state index in [-0.39, 0.29) is 23.4 Å². The molecule has 65 heavy (non-hydrogen) atoms. The highest BCUT2D eigenvalue weighted by molar-refractivity contribution is 6.21. The van der Waals surface area contributed by atoms with Crippen LogP contribution in [-0.2, 0) is 0 Å². The van der Waals surface area contributed by atoms with Gasteiger partial charge in [0.2, 0.25) is 0 Å². The first-order chi connectivity index (χ1) is 32.0. The van der Waals surface area contributed by atoms with E-state index in [9.17, 15) is 10.2 Å². The summed E-state index contributed by atoms with van der Waals surface area (Å²) >= 11 is 0. The van der Waals surface area contributed by atoms with Crippen LogP contribution in [0.1, 0.15) is 11.1 Å². The summed E-state index contributed by atoms with van der Waals surface area (Å²) < 4.78 is 0. The molecule has 0 radical (unpaired) electrons. The van der Waals surface area contributed by atoms with Crippen LogP contribution in [0.25, 0.3) is 76.9 Å². The molecule has 5 N–H and O–H groups in total. The van der Waals surface area contributed by atoms with Crippen molar-refractivity contribution in [1.82, 2.24) is 20.6 Å². The Labute approximate surface area is 372 Å². The molecule has 3 heterocycles. The lowest BCUT2D eigenvalue weighted by molar-refractivity contribution is 0.346. The third-order valence-electron chi connectivity index (χ3n) is 13.7. The molecule has 8 heteroatoms. The van der Waals surface area contributed by atoms with E-state index >= 15 is 0 Å². The zero-order chi connectivity index (χ0) is 42.9. The van der Waals surface area contributed by atoms with Gasteiger partial charge in [0, 0.05) is 67.2 Å². The Morgan fingerprint density at radius 2 is 1.26 bits per heavy atom. The van der Waals surface area contributed by atoms with Crippen LogP contribution in [0, 0.1) is 11.8 Å². The third-order valence-corrected chi connectivity index (χ3v) is 13.7. The summed E-state index contributed by atoms with van der Waals surface area (Å²) in [5.74, 6) is 2.16. The van der Waals surface area contributed by atoms with E-state index in [0.29, 0.717) is 17.0 Å². The lowest BCUT2D eigenvalue weighted by Gasteiger charge is -2.40. The molecule has 8 aromatic carbocycles. The SMILES string of the molecule is OC1=C(c2ccc3c4c(cccc24)NC(c2ccc4ccccc4c2)=N3)C(O)=C1C1C=CC2=C3C(=CC=CC31)NC(=c1ccc3nc(-c4ccc5ccccc5c4)nc4cccc1c43)N2. The fourth-order valence-corrected chi connectivity index (χ4v) is 10.6. The molecule has 2 aliphatic heterocycles. The number of hydrogen-bond acceptors (Lipinski definition) is 8. The number of nitrogens with one attached hydrogen (secondary N) is 3. The number of rotatable bonds is 4. The normalized spacial score (nSPS) is 19.3. The second-order valence-corrected chi connectivity index (χ2v) is 17.3. The van der Waals surface area contributed by atoms with Gasteiger partial charge in [-0.05, 0) is 92.5 Å². The van der Waals surface area contributed by atoms with Crippen molar-refractivity contribution >= 4 is 82.7 Å². The van der Waals surface area contributed by atoms with Crippen LogP contribution in [0.2, 0.25) is 0 Å². The maximum Gasteiger partial charge on any atom is 0.160 e. The summed E-state index contributed by atoms with van der Waals surface area (Å²) in [5.41, 5.74) is 10.3. The number of nitrogens with zero attached hydrogens (tertiary/aromatic N) is 3. The number of benzene rings is 8. The number of fused-ring (bicyclic) bond motifs is 2. The monoisotopic (exact) mass is 836 g/mol. The average molecular weight is 837 g/mol. The Balaban J connectivity index is 0.784. The van der Waals surface area contributed by atoms with Crippen molar-refractivity contribution in [1.29, 1.82) is 0 Å². The van der Waals surface area contributed by atoms with Crippen LogP contribution in [0.5, 0.6) is 0 Å². The number of aliphatic imine (C=N–C) groups is 1. The predicted molar refractivity (Wildman–Crippen MR) is 262 cm³/mol. The van der Waals surface area contributed by atoms with Gasteiger partial charge in [-0.2, -0.15) is 0 Å². The van der Waals surface area contributed by atoms with E-state index < -0.39 is 0 Å². The third kappa shape index (κ3) is 5.28. The van der Waals surface area contributed by atoms with Crippen LogP contribution < -0.4 is 21.2 Å². The van der Waals surface area contributed by atoms with E-state index in [2.05, 4.69) is 156 Å². The molecule has 0 spiro atoms. The minimum atomic E-state index is -0.282. The smallest absolute Gasteiger partial charge is 0.160 e. The molecule has 8 nitrogen and oxygen atoms in total. The highest BCUT2D eigenvalue weighted by Crippen LogP contribution is 2.52. The summed E-state index contributed by atoms with van der Waals surface area (Å²) in [6.07, 6.45) is 10.5. The zero-order valence-electron chi connectivity index (χ0n) is 34.6. The molecule has 0 saturated carbocycles. The molecule has 0 bridgehead atoms. The highest BCUT2D eigenvalue weighted by Gasteiger charge is 2.42. The summed E-state index contributed by atoms with van der Waals surface area (Å²) in [6, 6.07) is 49.9. The number of amidine groups is 1. The van der Waals surface area contributed by atoms with Crippen molar-refractivity contribution in [2.75, 3.05) is 5.32 Å². The second-order valence-electron chi connectivity index (χ2n) is 17.3. The molecule has 0 saturated heterocycles. The summed E-state index contributed by atoms with van der Waals surface area (Å²) in [5, 5.41) is 44.5. The number of hydrogen-bond donors (Lipinski definition) is 5. The van der Waals surface area contributed by atoms with Crippen LogP contribution >= 0.6 is 0 Å². The van der Waals surface area contributed by atoms with Gasteiger partial charge >= 0.3 is 0 Å². The van der Waals surface area contributed by atoms with Gasteiger partial charge in [-0.15, -0.1) is 0 Å². The highest BCUT2D eigenvalue weighted by atomic mass is 16.3. The van der Waals surface area contributed by atoms with Crippen molar-refractivity contribution < 1.29 is 10.2 Å². The van der Waals surface area contributed by atoms with Gasteiger partial charge in [0.05, 0.1) is 22.3 Å².